The molecule has 0 bridgehead atoms. The first-order valence-electron chi connectivity index (χ1n) is 9.94. The molecule has 0 aliphatic heterocycles. The van der Waals surface area contributed by atoms with Gasteiger partial charge >= 0.3 is 0 Å². The number of hydrogen-bond acceptors (Lipinski definition) is 3. The highest BCUT2D eigenvalue weighted by Gasteiger charge is 2.27. The van der Waals surface area contributed by atoms with Gasteiger partial charge in [-0.15, -0.1) is 0 Å². The summed E-state index contributed by atoms with van der Waals surface area (Å²) in [6.07, 6.45) is 0.817. The fourth-order valence-corrected chi connectivity index (χ4v) is 3.38. The lowest BCUT2D eigenvalue weighted by Gasteiger charge is -2.29. The van der Waals surface area contributed by atoms with Crippen LogP contribution in [0.1, 0.15) is 38.3 Å². The molecule has 162 valence electrons. The van der Waals surface area contributed by atoms with Crippen molar-refractivity contribution in [3.63, 3.8) is 0 Å². The molecule has 2 rings (SSSR count). The van der Waals surface area contributed by atoms with E-state index in [1.54, 1.807) is 30.0 Å². The van der Waals surface area contributed by atoms with Gasteiger partial charge in [-0.1, -0.05) is 46.6 Å². The quantitative estimate of drug-likeness (QED) is 0.525. The number of nitrogens with zero attached hydrogens (tertiary/aromatic N) is 1. The molecular formula is C23H28BrClN2O3. The number of halogens is 2. The Kier molecular flexibility index (Phi) is 9.18. The molecule has 0 saturated heterocycles. The van der Waals surface area contributed by atoms with E-state index in [1.807, 2.05) is 45.0 Å². The van der Waals surface area contributed by atoms with Crippen molar-refractivity contribution in [3.05, 3.63) is 63.1 Å². The van der Waals surface area contributed by atoms with Crippen molar-refractivity contribution < 1.29 is 14.3 Å². The molecule has 0 saturated carbocycles. The Balaban J connectivity index is 2.16. The van der Waals surface area contributed by atoms with E-state index in [-0.39, 0.29) is 24.5 Å². The first-order chi connectivity index (χ1) is 14.2. The molecule has 2 amide bonds. The molecule has 1 N–H and O–H groups in total. The summed E-state index contributed by atoms with van der Waals surface area (Å²) in [5.74, 6) is 0.105. The minimum absolute atomic E-state index is 0.0380. The van der Waals surface area contributed by atoms with Gasteiger partial charge in [0.2, 0.25) is 5.91 Å². The van der Waals surface area contributed by atoms with Gasteiger partial charge in [-0.3, -0.25) is 9.59 Å². The van der Waals surface area contributed by atoms with E-state index in [4.69, 9.17) is 16.3 Å². The highest BCUT2D eigenvalue weighted by atomic mass is 79.9. The van der Waals surface area contributed by atoms with Crippen LogP contribution >= 0.6 is 27.5 Å². The van der Waals surface area contributed by atoms with E-state index in [1.165, 1.54) is 0 Å². The molecule has 5 nitrogen and oxygen atoms in total. The van der Waals surface area contributed by atoms with Gasteiger partial charge in [0.05, 0.1) is 0 Å². The predicted molar refractivity (Wildman–Crippen MR) is 124 cm³/mol. The summed E-state index contributed by atoms with van der Waals surface area (Å²) in [5, 5.41) is 3.59. The standard InChI is InChI=1S/C23H28BrClN2O3/c1-5-16(3)26-23(29)17(4)27(13-18-7-6-8-19(24)12-18)22(28)14-30-20-9-10-21(25)15(2)11-20/h6-12,16-17H,5,13-14H2,1-4H3,(H,26,29)/t16-,17-/m0/s1. The third-order valence-corrected chi connectivity index (χ3v) is 5.82. The second-order valence-electron chi connectivity index (χ2n) is 7.35. The third-order valence-electron chi connectivity index (χ3n) is 4.90. The van der Waals surface area contributed by atoms with Gasteiger partial charge in [-0.05, 0) is 68.7 Å². The summed E-state index contributed by atoms with van der Waals surface area (Å²) in [7, 11) is 0. The number of carbonyl (C=O) groups excluding carboxylic acids is 2. The van der Waals surface area contributed by atoms with Crippen LogP contribution in [0.4, 0.5) is 0 Å². The van der Waals surface area contributed by atoms with E-state index < -0.39 is 6.04 Å². The Morgan fingerprint density at radius 2 is 1.93 bits per heavy atom. The smallest absolute Gasteiger partial charge is 0.261 e. The van der Waals surface area contributed by atoms with Crippen LogP contribution < -0.4 is 10.1 Å². The molecule has 2 aromatic carbocycles. The fourth-order valence-electron chi connectivity index (χ4n) is 2.82. The van der Waals surface area contributed by atoms with Gasteiger partial charge in [0.1, 0.15) is 11.8 Å². The van der Waals surface area contributed by atoms with Crippen molar-refractivity contribution in [2.45, 2.75) is 52.7 Å². The lowest BCUT2D eigenvalue weighted by Crippen LogP contribution is -2.50. The van der Waals surface area contributed by atoms with Crippen molar-refractivity contribution in [1.29, 1.82) is 0 Å². The average Bonchev–Trinajstić information content (AvgIpc) is 2.72. The molecule has 0 aromatic heterocycles. The second-order valence-corrected chi connectivity index (χ2v) is 8.67. The lowest BCUT2D eigenvalue weighted by molar-refractivity contribution is -0.142. The molecule has 0 heterocycles. The van der Waals surface area contributed by atoms with Crippen LogP contribution in [-0.4, -0.2) is 35.4 Å². The molecule has 2 aromatic rings. The molecule has 0 spiro atoms. The number of ether oxygens (including phenoxy) is 1. The summed E-state index contributed by atoms with van der Waals surface area (Å²) in [4.78, 5) is 27.3. The zero-order valence-corrected chi connectivity index (χ0v) is 20.1. The van der Waals surface area contributed by atoms with Crippen molar-refractivity contribution >= 4 is 39.3 Å². The highest BCUT2D eigenvalue weighted by molar-refractivity contribution is 9.10. The fraction of sp³-hybridized carbons (Fsp3) is 0.391. The van der Waals surface area contributed by atoms with Crippen molar-refractivity contribution in [2.75, 3.05) is 6.61 Å². The average molecular weight is 496 g/mol. The monoisotopic (exact) mass is 494 g/mol. The van der Waals surface area contributed by atoms with Crippen LogP contribution in [0.3, 0.4) is 0 Å². The zero-order chi connectivity index (χ0) is 22.3. The Morgan fingerprint density at radius 3 is 2.57 bits per heavy atom. The number of amides is 2. The molecule has 0 radical (unpaired) electrons. The molecule has 0 unspecified atom stereocenters. The van der Waals surface area contributed by atoms with Crippen LogP contribution in [-0.2, 0) is 16.1 Å². The number of benzene rings is 2. The molecule has 2 atom stereocenters. The number of carbonyl (C=O) groups is 2. The molecule has 30 heavy (non-hydrogen) atoms. The van der Waals surface area contributed by atoms with Gasteiger partial charge in [0.15, 0.2) is 6.61 Å². The van der Waals surface area contributed by atoms with Crippen molar-refractivity contribution in [2.24, 2.45) is 0 Å². The van der Waals surface area contributed by atoms with Crippen molar-refractivity contribution in [3.8, 4) is 5.75 Å². The van der Waals surface area contributed by atoms with Gasteiger partial charge in [0.25, 0.3) is 5.91 Å². The maximum absolute atomic E-state index is 13.0. The second kappa shape index (κ2) is 11.4. The van der Waals surface area contributed by atoms with Gasteiger partial charge < -0.3 is 15.0 Å². The van der Waals surface area contributed by atoms with E-state index in [9.17, 15) is 9.59 Å². The Hall–Kier alpha value is -2.05. The summed E-state index contributed by atoms with van der Waals surface area (Å²) in [6.45, 7) is 7.68. The van der Waals surface area contributed by atoms with Crippen molar-refractivity contribution in [1.82, 2.24) is 10.2 Å². The van der Waals surface area contributed by atoms with E-state index in [2.05, 4.69) is 21.2 Å². The third kappa shape index (κ3) is 7.03. The minimum atomic E-state index is -0.638. The molecule has 0 aliphatic rings. The number of hydrogen-bond donors (Lipinski definition) is 1. The molecule has 7 heteroatoms. The van der Waals surface area contributed by atoms with Gasteiger partial charge in [-0.25, -0.2) is 0 Å². The SMILES string of the molecule is CC[C@H](C)NC(=O)[C@H](C)N(Cc1cccc(Br)c1)C(=O)COc1ccc(Cl)c(C)c1. The minimum Gasteiger partial charge on any atom is -0.484 e. The lowest BCUT2D eigenvalue weighted by atomic mass is 10.1. The van der Waals surface area contributed by atoms with E-state index in [0.29, 0.717) is 17.3 Å². The summed E-state index contributed by atoms with van der Waals surface area (Å²) in [6, 6.07) is 12.3. The number of rotatable bonds is 9. The van der Waals surface area contributed by atoms with E-state index in [0.717, 1.165) is 22.0 Å². The van der Waals surface area contributed by atoms with Crippen LogP contribution in [0.2, 0.25) is 5.02 Å². The summed E-state index contributed by atoms with van der Waals surface area (Å²) in [5.41, 5.74) is 1.79. The Bertz CT molecular complexity index is 891. The van der Waals surface area contributed by atoms with E-state index >= 15 is 0 Å². The largest absolute Gasteiger partial charge is 0.484 e. The first kappa shape index (κ1) is 24.2. The highest BCUT2D eigenvalue weighted by Crippen LogP contribution is 2.21. The van der Waals surface area contributed by atoms with Gasteiger partial charge in [-0.2, -0.15) is 0 Å². The summed E-state index contributed by atoms with van der Waals surface area (Å²) >= 11 is 9.50. The zero-order valence-electron chi connectivity index (χ0n) is 17.7. The Labute approximate surface area is 191 Å². The number of aryl methyl sites for hydroxylation is 1. The molecular weight excluding hydrogens is 468 g/mol. The first-order valence-corrected chi connectivity index (χ1v) is 11.1. The predicted octanol–water partition coefficient (Wildman–Crippen LogP) is 5.12. The van der Waals surface area contributed by atoms with Gasteiger partial charge in [0, 0.05) is 22.1 Å². The van der Waals surface area contributed by atoms with Crippen LogP contribution in [0.5, 0.6) is 5.75 Å². The van der Waals surface area contributed by atoms with Crippen LogP contribution in [0, 0.1) is 6.92 Å². The Morgan fingerprint density at radius 1 is 1.20 bits per heavy atom. The van der Waals surface area contributed by atoms with Crippen LogP contribution in [0.15, 0.2) is 46.9 Å². The number of nitrogens with one attached hydrogen (secondary N) is 1. The maximum atomic E-state index is 13.0. The maximum Gasteiger partial charge on any atom is 0.261 e. The topological polar surface area (TPSA) is 58.6 Å². The normalized spacial score (nSPS) is 12.7. The molecule has 0 fully saturated rings. The molecule has 0 aliphatic carbocycles. The van der Waals surface area contributed by atoms with Crippen LogP contribution in [0.25, 0.3) is 0 Å². The summed E-state index contributed by atoms with van der Waals surface area (Å²) < 4.78 is 6.60.